The predicted molar refractivity (Wildman–Crippen MR) is 133 cm³/mol. The van der Waals surface area contributed by atoms with E-state index in [0.717, 1.165) is 17.3 Å². The third kappa shape index (κ3) is 8.66. The molecule has 1 aromatic rings. The Hall–Kier alpha value is -2.55. The van der Waals surface area contributed by atoms with Crippen LogP contribution in [0.2, 0.25) is 0 Å². The van der Waals surface area contributed by atoms with E-state index < -0.39 is 29.6 Å². The van der Waals surface area contributed by atoms with Crippen molar-refractivity contribution in [3.8, 4) is 0 Å². The lowest BCUT2D eigenvalue weighted by atomic mass is 10.0. The van der Waals surface area contributed by atoms with Gasteiger partial charge in [-0.25, -0.2) is 4.79 Å². The molecule has 0 aliphatic carbocycles. The highest BCUT2D eigenvalue weighted by Crippen LogP contribution is 2.22. The molecule has 1 aliphatic rings. The number of thioether (sulfide) groups is 1. The summed E-state index contributed by atoms with van der Waals surface area (Å²) in [7, 11) is 0. The second-order valence-electron chi connectivity index (χ2n) is 9.50. The molecule has 8 nitrogen and oxygen atoms in total. The summed E-state index contributed by atoms with van der Waals surface area (Å²) in [6, 6.07) is 7.91. The number of amides is 3. The molecular weight excluding hydrogens is 454 g/mol. The molecular formula is C25H37N3O5S. The molecule has 1 aliphatic heterocycles. The quantitative estimate of drug-likeness (QED) is 0.514. The predicted octanol–water partition coefficient (Wildman–Crippen LogP) is 3.15. The van der Waals surface area contributed by atoms with Gasteiger partial charge in [-0.15, -0.1) is 0 Å². The summed E-state index contributed by atoms with van der Waals surface area (Å²) in [5.41, 5.74) is 0.206. The number of benzene rings is 1. The van der Waals surface area contributed by atoms with Crippen molar-refractivity contribution in [2.24, 2.45) is 5.92 Å². The summed E-state index contributed by atoms with van der Waals surface area (Å²) in [4.78, 5) is 52.4. The minimum Gasteiger partial charge on any atom is -0.458 e. The molecule has 1 heterocycles. The Morgan fingerprint density at radius 2 is 1.85 bits per heavy atom. The molecule has 9 heteroatoms. The highest BCUT2D eigenvalue weighted by atomic mass is 32.2. The van der Waals surface area contributed by atoms with Crippen LogP contribution < -0.4 is 10.6 Å². The zero-order valence-corrected chi connectivity index (χ0v) is 21.6. The van der Waals surface area contributed by atoms with Gasteiger partial charge in [-0.3, -0.25) is 14.4 Å². The number of hydrogen-bond acceptors (Lipinski definition) is 6. The zero-order chi connectivity index (χ0) is 25.3. The maximum atomic E-state index is 13.2. The summed E-state index contributed by atoms with van der Waals surface area (Å²) in [5.74, 6) is -1.10. The molecule has 0 aromatic heterocycles. The van der Waals surface area contributed by atoms with Crippen molar-refractivity contribution in [3.05, 3.63) is 35.9 Å². The third-order valence-electron chi connectivity index (χ3n) is 5.34. The Bertz CT molecular complexity index is 856. The van der Waals surface area contributed by atoms with Crippen LogP contribution in [0.25, 0.3) is 0 Å². The Kier molecular flexibility index (Phi) is 10.4. The van der Waals surface area contributed by atoms with E-state index in [-0.39, 0.29) is 17.1 Å². The van der Waals surface area contributed by atoms with Gasteiger partial charge in [-0.2, -0.15) is 0 Å². The van der Waals surface area contributed by atoms with Crippen molar-refractivity contribution in [2.75, 3.05) is 18.8 Å². The molecule has 2 N–H and O–H groups in total. The fourth-order valence-corrected chi connectivity index (χ4v) is 4.53. The van der Waals surface area contributed by atoms with Crippen molar-refractivity contribution >= 4 is 34.8 Å². The number of carbonyl (C=O) groups is 4. The lowest BCUT2D eigenvalue weighted by Gasteiger charge is -2.29. The van der Waals surface area contributed by atoms with Crippen molar-refractivity contribution in [1.82, 2.24) is 15.5 Å². The molecule has 34 heavy (non-hydrogen) atoms. The lowest BCUT2D eigenvalue weighted by molar-refractivity contribution is -0.159. The number of ether oxygens (including phenoxy) is 1. The van der Waals surface area contributed by atoms with Crippen LogP contribution in [0.4, 0.5) is 4.79 Å². The maximum Gasteiger partial charge on any atom is 0.329 e. The number of esters is 1. The smallest absolute Gasteiger partial charge is 0.329 e. The average Bonchev–Trinajstić information content (AvgIpc) is 3.26. The fraction of sp³-hybridized carbons (Fsp3) is 0.600. The number of carbonyl (C=O) groups excluding carboxylic acids is 4. The molecule has 3 atom stereocenters. The average molecular weight is 492 g/mol. The van der Waals surface area contributed by atoms with Crippen LogP contribution >= 0.6 is 11.8 Å². The Morgan fingerprint density at radius 1 is 1.18 bits per heavy atom. The summed E-state index contributed by atoms with van der Waals surface area (Å²) >= 11 is 1.07. The number of likely N-dealkylation sites (tertiary alicyclic amines) is 1. The number of hydrogen-bond donors (Lipinski definition) is 2. The van der Waals surface area contributed by atoms with Crippen molar-refractivity contribution in [3.63, 3.8) is 0 Å². The van der Waals surface area contributed by atoms with E-state index in [1.54, 1.807) is 32.6 Å². The van der Waals surface area contributed by atoms with E-state index in [0.29, 0.717) is 38.1 Å². The van der Waals surface area contributed by atoms with Crippen LogP contribution in [-0.2, 0) is 25.5 Å². The highest BCUT2D eigenvalue weighted by Gasteiger charge is 2.38. The molecule has 188 valence electrons. The fourth-order valence-electron chi connectivity index (χ4n) is 3.74. The molecule has 2 rings (SSSR count). The van der Waals surface area contributed by atoms with Gasteiger partial charge < -0.3 is 20.3 Å². The van der Waals surface area contributed by atoms with E-state index >= 15 is 0 Å². The van der Waals surface area contributed by atoms with Gasteiger partial charge in [0.05, 0.1) is 0 Å². The van der Waals surface area contributed by atoms with Crippen LogP contribution in [0, 0.1) is 5.92 Å². The van der Waals surface area contributed by atoms with E-state index in [1.165, 1.54) is 0 Å². The summed E-state index contributed by atoms with van der Waals surface area (Å²) in [6.07, 6.45) is 1.53. The van der Waals surface area contributed by atoms with Gasteiger partial charge in [-0.1, -0.05) is 49.0 Å². The first kappa shape index (κ1) is 27.7. The molecule has 3 amide bonds. The summed E-state index contributed by atoms with van der Waals surface area (Å²) < 4.78 is 5.55. The monoisotopic (exact) mass is 491 g/mol. The normalized spacial score (nSPS) is 17.6. The number of nitrogens with zero attached hydrogens (tertiary/aromatic N) is 1. The maximum absolute atomic E-state index is 13.2. The topological polar surface area (TPSA) is 105 Å². The summed E-state index contributed by atoms with van der Waals surface area (Å²) in [5, 5.41) is 5.37. The minimum atomic E-state index is -0.864. The molecule has 1 saturated heterocycles. The molecule has 1 fully saturated rings. The Labute approximate surface area is 206 Å². The van der Waals surface area contributed by atoms with E-state index in [4.69, 9.17) is 4.74 Å². The van der Waals surface area contributed by atoms with Gasteiger partial charge >= 0.3 is 5.97 Å². The Morgan fingerprint density at radius 3 is 2.47 bits per heavy atom. The van der Waals surface area contributed by atoms with Gasteiger partial charge in [0.25, 0.3) is 5.24 Å². The first-order chi connectivity index (χ1) is 16.0. The molecule has 0 bridgehead atoms. The molecule has 0 radical (unpaired) electrons. The first-order valence-corrected chi connectivity index (χ1v) is 12.8. The molecule has 1 unspecified atom stereocenters. The van der Waals surface area contributed by atoms with E-state index in [2.05, 4.69) is 10.6 Å². The van der Waals surface area contributed by atoms with Gasteiger partial charge in [0.15, 0.2) is 0 Å². The Balaban J connectivity index is 2.07. The first-order valence-electron chi connectivity index (χ1n) is 11.8. The van der Waals surface area contributed by atoms with Crippen LogP contribution in [0.1, 0.15) is 53.0 Å². The van der Waals surface area contributed by atoms with Gasteiger partial charge in [-0.05, 0) is 46.1 Å². The number of nitrogens with one attached hydrogen (secondary N) is 2. The second kappa shape index (κ2) is 12.8. The van der Waals surface area contributed by atoms with Crippen molar-refractivity contribution in [2.45, 2.75) is 71.6 Å². The molecule has 0 saturated carbocycles. The molecule has 0 spiro atoms. The van der Waals surface area contributed by atoms with Gasteiger partial charge in [0.1, 0.15) is 17.7 Å². The van der Waals surface area contributed by atoms with E-state index in [9.17, 15) is 19.2 Å². The molecule has 1 aromatic carbocycles. The van der Waals surface area contributed by atoms with Crippen molar-refractivity contribution in [1.29, 1.82) is 0 Å². The minimum absolute atomic E-state index is 0.161. The van der Waals surface area contributed by atoms with Crippen LogP contribution in [0.15, 0.2) is 30.3 Å². The SMILES string of the molecule is CCNC(=O)SCC(C)C(=O)N1CCC[C@H]1C(=O)N[C@@H](Cc1ccccc1)C(=O)OC(C)(C)C. The van der Waals surface area contributed by atoms with Crippen LogP contribution in [0.3, 0.4) is 0 Å². The van der Waals surface area contributed by atoms with Gasteiger partial charge in [0, 0.05) is 31.2 Å². The van der Waals surface area contributed by atoms with Gasteiger partial charge in [0.2, 0.25) is 11.8 Å². The largest absolute Gasteiger partial charge is 0.458 e. The van der Waals surface area contributed by atoms with Crippen LogP contribution in [-0.4, -0.2) is 64.4 Å². The summed E-state index contributed by atoms with van der Waals surface area (Å²) in [6.45, 7) is 9.95. The highest BCUT2D eigenvalue weighted by molar-refractivity contribution is 8.13. The van der Waals surface area contributed by atoms with Crippen LogP contribution in [0.5, 0.6) is 0 Å². The lowest BCUT2D eigenvalue weighted by Crippen LogP contribution is -2.53. The second-order valence-corrected chi connectivity index (χ2v) is 10.5. The number of rotatable bonds is 9. The standard InChI is InChI=1S/C25H37N3O5S/c1-6-26-24(32)34-16-17(2)22(30)28-14-10-13-20(28)21(29)27-19(23(31)33-25(3,4)5)15-18-11-8-7-9-12-18/h7-9,11-12,17,19-20H,6,10,13-16H2,1-5H3,(H,26,32)(H,27,29)/t17?,19-,20-/m0/s1. The van der Waals surface area contributed by atoms with Crippen molar-refractivity contribution < 1.29 is 23.9 Å². The van der Waals surface area contributed by atoms with E-state index in [1.807, 2.05) is 37.3 Å². The third-order valence-corrected chi connectivity index (χ3v) is 6.41. The zero-order valence-electron chi connectivity index (χ0n) is 20.8.